The zero-order chi connectivity index (χ0) is 29.0. The lowest BCUT2D eigenvalue weighted by molar-refractivity contribution is -0.385. The van der Waals surface area contributed by atoms with E-state index in [2.05, 4.69) is 15.9 Å². The third-order valence-corrected chi connectivity index (χ3v) is 6.88. The van der Waals surface area contributed by atoms with Gasteiger partial charge in [0.25, 0.3) is 11.1 Å². The molecule has 0 aliphatic carbocycles. The molecule has 3 aromatic rings. The highest BCUT2D eigenvalue weighted by Gasteiger charge is 2.36. The van der Waals surface area contributed by atoms with Gasteiger partial charge in [0.05, 0.1) is 29.0 Å². The quantitative estimate of drug-likeness (QED) is 0.137. The summed E-state index contributed by atoms with van der Waals surface area (Å²) in [4.78, 5) is 37.1. The molecule has 1 aliphatic heterocycles. The molecule has 0 spiro atoms. The molecule has 1 heterocycles. The molecule has 0 N–H and O–H groups in total. The van der Waals surface area contributed by atoms with Gasteiger partial charge in [-0.15, -0.1) is 0 Å². The minimum Gasteiger partial charge on any atom is -0.493 e. The summed E-state index contributed by atoms with van der Waals surface area (Å²) in [6.45, 7) is -0.0336. The lowest BCUT2D eigenvalue weighted by Gasteiger charge is -2.14. The molecule has 2 amide bonds. The van der Waals surface area contributed by atoms with E-state index in [4.69, 9.17) is 14.2 Å². The molecule has 4 rings (SSSR count). The molecule has 0 aromatic heterocycles. The minimum absolute atomic E-state index is 0.00846. The number of hydrogen-bond donors (Lipinski definition) is 0. The number of carbonyl (C=O) groups is 2. The van der Waals surface area contributed by atoms with Gasteiger partial charge in [-0.2, -0.15) is 13.2 Å². The summed E-state index contributed by atoms with van der Waals surface area (Å²) in [6, 6.07) is 13.3. The Hall–Kier alpha value is -4.04. The van der Waals surface area contributed by atoms with Gasteiger partial charge in [-0.1, -0.05) is 28.1 Å². The van der Waals surface area contributed by atoms with Crippen LogP contribution in [0.25, 0.3) is 6.08 Å². The molecule has 1 fully saturated rings. The fraction of sp³-hybridized carbons (Fsp3) is 0.154. The Morgan fingerprint density at radius 3 is 2.40 bits per heavy atom. The van der Waals surface area contributed by atoms with Gasteiger partial charge in [-0.25, -0.2) is 0 Å². The summed E-state index contributed by atoms with van der Waals surface area (Å²) in [5.41, 5.74) is -1.84. The summed E-state index contributed by atoms with van der Waals surface area (Å²) in [7, 11) is 1.49. The van der Waals surface area contributed by atoms with Crippen molar-refractivity contribution in [1.82, 2.24) is 4.90 Å². The van der Waals surface area contributed by atoms with E-state index in [9.17, 15) is 32.9 Å². The Kier molecular flexibility index (Phi) is 8.69. The largest absolute Gasteiger partial charge is 0.493 e. The van der Waals surface area contributed by atoms with Crippen LogP contribution < -0.4 is 14.2 Å². The highest BCUT2D eigenvalue weighted by Crippen LogP contribution is 2.40. The molecule has 9 nitrogen and oxygen atoms in total. The normalized spacial score (nSPS) is 14.5. The molecule has 0 bridgehead atoms. The van der Waals surface area contributed by atoms with Crippen LogP contribution in [0, 0.1) is 10.1 Å². The maximum Gasteiger partial charge on any atom is 0.416 e. The topological polar surface area (TPSA) is 108 Å². The van der Waals surface area contributed by atoms with Gasteiger partial charge in [0.15, 0.2) is 11.5 Å². The van der Waals surface area contributed by atoms with E-state index < -0.39 is 39.2 Å². The smallest absolute Gasteiger partial charge is 0.416 e. The SMILES string of the molecule is COc1ccccc1OCCN1C(=O)S/C(=C\c2cc(Br)ccc2Oc2ccc(C(F)(F)F)cc2[N+](=O)[O-])C1=O. The lowest BCUT2D eigenvalue weighted by Crippen LogP contribution is -2.32. The van der Waals surface area contributed by atoms with Crippen LogP contribution in [-0.4, -0.2) is 41.2 Å². The number of alkyl halides is 3. The first kappa shape index (κ1) is 29.0. The monoisotopic (exact) mass is 638 g/mol. The van der Waals surface area contributed by atoms with Crippen LogP contribution >= 0.6 is 27.7 Å². The number of benzene rings is 3. The van der Waals surface area contributed by atoms with Crippen molar-refractivity contribution < 1.29 is 41.9 Å². The van der Waals surface area contributed by atoms with Crippen LogP contribution in [-0.2, 0) is 11.0 Å². The third kappa shape index (κ3) is 6.57. The first-order chi connectivity index (χ1) is 19.0. The predicted molar refractivity (Wildman–Crippen MR) is 143 cm³/mol. The average Bonchev–Trinajstić information content (AvgIpc) is 3.17. The van der Waals surface area contributed by atoms with Crippen molar-refractivity contribution in [2.75, 3.05) is 20.3 Å². The number of rotatable bonds is 9. The van der Waals surface area contributed by atoms with Crippen LogP contribution in [0.4, 0.5) is 23.7 Å². The summed E-state index contributed by atoms with van der Waals surface area (Å²) < 4.78 is 56.3. The number of amides is 2. The summed E-state index contributed by atoms with van der Waals surface area (Å²) in [5.74, 6) is -0.0770. The number of nitro groups is 1. The molecule has 1 saturated heterocycles. The van der Waals surface area contributed by atoms with E-state index >= 15 is 0 Å². The molecule has 1 aliphatic rings. The summed E-state index contributed by atoms with van der Waals surface area (Å²) in [5, 5.41) is 10.9. The molecule has 0 atom stereocenters. The number of nitro benzene ring substituents is 1. The lowest BCUT2D eigenvalue weighted by atomic mass is 10.1. The van der Waals surface area contributed by atoms with Crippen molar-refractivity contribution in [3.63, 3.8) is 0 Å². The van der Waals surface area contributed by atoms with E-state index in [0.29, 0.717) is 39.9 Å². The van der Waals surface area contributed by atoms with Crippen LogP contribution in [0.3, 0.4) is 0 Å². The molecule has 14 heteroatoms. The van der Waals surface area contributed by atoms with Crippen LogP contribution in [0.2, 0.25) is 0 Å². The molecular weight excluding hydrogens is 621 g/mol. The number of thioether (sulfide) groups is 1. The van der Waals surface area contributed by atoms with Gasteiger partial charge in [0.2, 0.25) is 5.75 Å². The Labute approximate surface area is 237 Å². The predicted octanol–water partition coefficient (Wildman–Crippen LogP) is 7.29. The van der Waals surface area contributed by atoms with Crippen molar-refractivity contribution in [1.29, 1.82) is 0 Å². The molecule has 0 radical (unpaired) electrons. The van der Waals surface area contributed by atoms with Gasteiger partial charge in [-0.05, 0) is 60.3 Å². The fourth-order valence-electron chi connectivity index (χ4n) is 3.59. The first-order valence-electron chi connectivity index (χ1n) is 11.3. The molecule has 40 heavy (non-hydrogen) atoms. The minimum atomic E-state index is -4.78. The zero-order valence-electron chi connectivity index (χ0n) is 20.4. The first-order valence-corrected chi connectivity index (χ1v) is 12.9. The van der Waals surface area contributed by atoms with Gasteiger partial charge in [0, 0.05) is 16.1 Å². The van der Waals surface area contributed by atoms with Crippen LogP contribution in [0.5, 0.6) is 23.0 Å². The van der Waals surface area contributed by atoms with E-state index in [0.717, 1.165) is 11.0 Å². The van der Waals surface area contributed by atoms with Crippen LogP contribution in [0.15, 0.2) is 70.0 Å². The number of carbonyl (C=O) groups excluding carboxylic acids is 2. The van der Waals surface area contributed by atoms with Gasteiger partial charge in [0.1, 0.15) is 12.4 Å². The molecular formula is C26H18BrF3N2O7S. The summed E-state index contributed by atoms with van der Waals surface area (Å²) in [6.07, 6.45) is -3.42. The standard InChI is InChI=1S/C26H18BrF3N2O7S/c1-37-21-4-2-3-5-22(21)38-11-10-31-24(33)23(40-25(31)34)13-15-12-17(27)7-9-19(15)39-20-8-6-16(26(28,29)30)14-18(20)32(35)36/h2-9,12-14H,10-11H2,1H3/b23-13-. The van der Waals surface area contributed by atoms with E-state index in [-0.39, 0.29) is 29.4 Å². The van der Waals surface area contributed by atoms with Crippen molar-refractivity contribution in [3.05, 3.63) is 91.3 Å². The third-order valence-electron chi connectivity index (χ3n) is 5.48. The molecule has 0 unspecified atom stereocenters. The van der Waals surface area contributed by atoms with E-state index in [1.807, 2.05) is 0 Å². The maximum absolute atomic E-state index is 13.1. The second-order valence-corrected chi connectivity index (χ2v) is 9.96. The second-order valence-electron chi connectivity index (χ2n) is 8.05. The zero-order valence-corrected chi connectivity index (χ0v) is 22.8. The number of para-hydroxylation sites is 2. The number of hydrogen-bond acceptors (Lipinski definition) is 8. The van der Waals surface area contributed by atoms with Crippen molar-refractivity contribution >= 4 is 50.6 Å². The fourth-order valence-corrected chi connectivity index (χ4v) is 4.82. The Morgan fingerprint density at radius 1 is 1.02 bits per heavy atom. The Bertz CT molecular complexity index is 1510. The molecule has 0 saturated carbocycles. The number of methoxy groups -OCH3 is 1. The number of nitrogens with zero attached hydrogens (tertiary/aromatic N) is 2. The van der Waals surface area contributed by atoms with Crippen molar-refractivity contribution in [2.45, 2.75) is 6.18 Å². The maximum atomic E-state index is 13.1. The van der Waals surface area contributed by atoms with Gasteiger partial charge in [-0.3, -0.25) is 24.6 Å². The Morgan fingerprint density at radius 2 is 1.73 bits per heavy atom. The average molecular weight is 639 g/mol. The number of imide groups is 1. The molecule has 208 valence electrons. The van der Waals surface area contributed by atoms with Crippen molar-refractivity contribution in [2.24, 2.45) is 0 Å². The second kappa shape index (κ2) is 12.0. The van der Waals surface area contributed by atoms with Crippen LogP contribution in [0.1, 0.15) is 11.1 Å². The highest BCUT2D eigenvalue weighted by molar-refractivity contribution is 9.10. The van der Waals surface area contributed by atoms with Gasteiger partial charge >= 0.3 is 11.9 Å². The molecule has 3 aromatic carbocycles. The number of halogens is 4. The summed E-state index contributed by atoms with van der Waals surface area (Å²) >= 11 is 3.97. The highest BCUT2D eigenvalue weighted by atomic mass is 79.9. The number of ether oxygens (including phenoxy) is 3. The Balaban J connectivity index is 1.55. The van der Waals surface area contributed by atoms with E-state index in [1.54, 1.807) is 30.3 Å². The van der Waals surface area contributed by atoms with E-state index in [1.165, 1.54) is 25.3 Å². The van der Waals surface area contributed by atoms with Crippen molar-refractivity contribution in [3.8, 4) is 23.0 Å². The van der Waals surface area contributed by atoms with Gasteiger partial charge < -0.3 is 14.2 Å².